The predicted molar refractivity (Wildman–Crippen MR) is 103 cm³/mol. The van der Waals surface area contributed by atoms with Gasteiger partial charge < -0.3 is 5.32 Å². The van der Waals surface area contributed by atoms with Crippen molar-refractivity contribution in [2.75, 3.05) is 5.32 Å². The number of hydrogen-bond donors (Lipinski definition) is 1. The van der Waals surface area contributed by atoms with Gasteiger partial charge in [-0.25, -0.2) is 8.42 Å². The van der Waals surface area contributed by atoms with Crippen LogP contribution in [0.4, 0.5) is 5.69 Å². The van der Waals surface area contributed by atoms with Gasteiger partial charge in [-0.05, 0) is 80.6 Å². The van der Waals surface area contributed by atoms with Crippen LogP contribution >= 0.6 is 15.9 Å². The van der Waals surface area contributed by atoms with E-state index in [2.05, 4.69) is 21.2 Å². The lowest BCUT2D eigenvalue weighted by Crippen LogP contribution is -2.44. The minimum atomic E-state index is -3.82. The second kappa shape index (κ2) is 6.57. The molecule has 1 aliphatic rings. The smallest absolute Gasteiger partial charge is 0.245 e. The van der Waals surface area contributed by atoms with E-state index in [0.717, 1.165) is 23.7 Å². The van der Waals surface area contributed by atoms with E-state index in [1.807, 2.05) is 18.2 Å². The molecule has 1 amide bonds. The van der Waals surface area contributed by atoms with E-state index < -0.39 is 20.5 Å². The molecule has 0 bridgehead atoms. The van der Waals surface area contributed by atoms with Crippen molar-refractivity contribution in [1.82, 2.24) is 0 Å². The molecule has 25 heavy (non-hydrogen) atoms. The van der Waals surface area contributed by atoms with Gasteiger partial charge in [0.05, 0.1) is 4.90 Å². The predicted octanol–water partition coefficient (Wildman–Crippen LogP) is 4.13. The highest BCUT2D eigenvalue weighted by atomic mass is 79.9. The van der Waals surface area contributed by atoms with Gasteiger partial charge in [0.15, 0.2) is 9.84 Å². The molecule has 0 aromatic heterocycles. The molecule has 0 saturated heterocycles. The average Bonchev–Trinajstić information content (AvgIpc) is 3.02. The third-order valence-corrected chi connectivity index (χ3v) is 7.65. The highest BCUT2D eigenvalue weighted by Gasteiger charge is 2.42. The largest absolute Gasteiger partial charge is 0.325 e. The molecule has 6 heteroatoms. The Hall–Kier alpha value is -1.66. The Morgan fingerprint density at radius 1 is 1.04 bits per heavy atom. The second-order valence-electron chi connectivity index (χ2n) is 6.76. The first-order chi connectivity index (χ1) is 11.7. The van der Waals surface area contributed by atoms with Crippen molar-refractivity contribution in [3.63, 3.8) is 0 Å². The summed E-state index contributed by atoms with van der Waals surface area (Å²) in [5.74, 6) is -0.534. The number of hydrogen-bond acceptors (Lipinski definition) is 3. The monoisotopic (exact) mass is 421 g/mol. The van der Waals surface area contributed by atoms with Crippen molar-refractivity contribution in [1.29, 1.82) is 0 Å². The Morgan fingerprint density at radius 3 is 2.36 bits per heavy atom. The van der Waals surface area contributed by atoms with Crippen LogP contribution in [0.15, 0.2) is 51.8 Å². The summed E-state index contributed by atoms with van der Waals surface area (Å²) in [5.41, 5.74) is 3.18. The topological polar surface area (TPSA) is 63.2 Å². The molecule has 1 N–H and O–H groups in total. The average molecular weight is 422 g/mol. The summed E-state index contributed by atoms with van der Waals surface area (Å²) in [6, 6.07) is 12.1. The highest BCUT2D eigenvalue weighted by Crippen LogP contribution is 2.29. The standard InChI is InChI=1S/C19H20BrNO3S/c1-19(2,25(23,24)17-10-7-15(20)8-11-17)18(22)21-16-9-6-13-4-3-5-14(13)12-16/h6-12H,3-5H2,1-2H3,(H,21,22). The zero-order valence-electron chi connectivity index (χ0n) is 14.2. The Kier molecular flexibility index (Phi) is 4.77. The van der Waals surface area contributed by atoms with E-state index in [4.69, 9.17) is 0 Å². The summed E-state index contributed by atoms with van der Waals surface area (Å²) in [5, 5.41) is 2.77. The molecule has 4 nitrogen and oxygen atoms in total. The van der Waals surface area contributed by atoms with Crippen LogP contribution in [-0.4, -0.2) is 19.1 Å². The van der Waals surface area contributed by atoms with E-state index in [1.165, 1.54) is 37.1 Å². The first kappa shape index (κ1) is 18.1. The van der Waals surface area contributed by atoms with E-state index in [0.29, 0.717) is 5.69 Å². The molecule has 0 radical (unpaired) electrons. The molecule has 1 aliphatic carbocycles. The highest BCUT2D eigenvalue weighted by molar-refractivity contribution is 9.10. The van der Waals surface area contributed by atoms with Crippen molar-refractivity contribution in [2.24, 2.45) is 0 Å². The van der Waals surface area contributed by atoms with E-state index in [9.17, 15) is 13.2 Å². The summed E-state index contributed by atoms with van der Waals surface area (Å²) in [6.07, 6.45) is 3.18. The third kappa shape index (κ3) is 3.37. The number of sulfone groups is 1. The fourth-order valence-corrected chi connectivity index (χ4v) is 4.60. The molecule has 2 aromatic rings. The molecule has 0 fully saturated rings. The van der Waals surface area contributed by atoms with Crippen LogP contribution in [0.1, 0.15) is 31.4 Å². The molecule has 0 unspecified atom stereocenters. The minimum absolute atomic E-state index is 0.129. The number of nitrogens with one attached hydrogen (secondary N) is 1. The van der Waals surface area contributed by atoms with Gasteiger partial charge in [-0.15, -0.1) is 0 Å². The molecule has 132 valence electrons. The van der Waals surface area contributed by atoms with Crippen molar-refractivity contribution < 1.29 is 13.2 Å². The summed E-state index contributed by atoms with van der Waals surface area (Å²) in [4.78, 5) is 12.9. The quantitative estimate of drug-likeness (QED) is 0.806. The van der Waals surface area contributed by atoms with Crippen molar-refractivity contribution >= 4 is 37.4 Å². The lowest BCUT2D eigenvalue weighted by atomic mass is 10.1. The Morgan fingerprint density at radius 2 is 1.68 bits per heavy atom. The van der Waals surface area contributed by atoms with Gasteiger partial charge in [-0.1, -0.05) is 22.0 Å². The van der Waals surface area contributed by atoms with E-state index in [-0.39, 0.29) is 4.90 Å². The summed E-state index contributed by atoms with van der Waals surface area (Å²) in [7, 11) is -3.82. The molecule has 0 atom stereocenters. The van der Waals surface area contributed by atoms with Crippen molar-refractivity contribution in [2.45, 2.75) is 42.8 Å². The Labute approximate surface area is 156 Å². The zero-order chi connectivity index (χ0) is 18.2. The summed E-state index contributed by atoms with van der Waals surface area (Å²) >= 11 is 3.29. The minimum Gasteiger partial charge on any atom is -0.325 e. The van der Waals surface area contributed by atoms with E-state index in [1.54, 1.807) is 12.1 Å². The van der Waals surface area contributed by atoms with Crippen molar-refractivity contribution in [3.8, 4) is 0 Å². The van der Waals surface area contributed by atoms with Gasteiger partial charge in [0.1, 0.15) is 4.75 Å². The summed E-state index contributed by atoms with van der Waals surface area (Å²) in [6.45, 7) is 2.88. The van der Waals surface area contributed by atoms with Crippen LogP contribution in [0.3, 0.4) is 0 Å². The maximum atomic E-state index is 12.9. The van der Waals surface area contributed by atoms with E-state index >= 15 is 0 Å². The van der Waals surface area contributed by atoms with Gasteiger partial charge in [0.25, 0.3) is 0 Å². The van der Waals surface area contributed by atoms with Gasteiger partial charge in [0, 0.05) is 10.2 Å². The number of halogens is 1. The number of benzene rings is 2. The Bertz CT molecular complexity index is 918. The zero-order valence-corrected chi connectivity index (χ0v) is 16.6. The fourth-order valence-electron chi connectivity index (χ4n) is 2.96. The van der Waals surface area contributed by atoms with Gasteiger partial charge in [-0.2, -0.15) is 0 Å². The number of rotatable bonds is 4. The molecular weight excluding hydrogens is 402 g/mol. The lowest BCUT2D eigenvalue weighted by molar-refractivity contribution is -0.117. The SMILES string of the molecule is CC(C)(C(=O)Nc1ccc2c(c1)CCC2)S(=O)(=O)c1ccc(Br)cc1. The number of aryl methyl sites for hydroxylation is 2. The maximum Gasteiger partial charge on any atom is 0.245 e. The van der Waals surface area contributed by atoms with Gasteiger partial charge >= 0.3 is 0 Å². The number of fused-ring (bicyclic) bond motifs is 1. The maximum absolute atomic E-state index is 12.9. The molecule has 2 aromatic carbocycles. The fraction of sp³-hybridized carbons (Fsp3) is 0.316. The molecule has 0 aliphatic heterocycles. The normalized spacial score (nSPS) is 14.2. The van der Waals surface area contributed by atoms with Crippen LogP contribution < -0.4 is 5.32 Å². The van der Waals surface area contributed by atoms with Crippen LogP contribution in [0.5, 0.6) is 0 Å². The Balaban J connectivity index is 1.85. The number of anilines is 1. The van der Waals surface area contributed by atoms with Crippen LogP contribution in [0, 0.1) is 0 Å². The number of amides is 1. The molecule has 0 heterocycles. The molecular formula is C19H20BrNO3S. The van der Waals surface area contributed by atoms with Crippen LogP contribution in [0.25, 0.3) is 0 Å². The molecule has 0 saturated carbocycles. The number of carbonyl (C=O) groups is 1. The van der Waals surface area contributed by atoms with Gasteiger partial charge in [0.2, 0.25) is 5.91 Å². The first-order valence-electron chi connectivity index (χ1n) is 8.15. The number of carbonyl (C=O) groups excluding carboxylic acids is 1. The first-order valence-corrected chi connectivity index (χ1v) is 10.4. The van der Waals surface area contributed by atoms with Gasteiger partial charge in [-0.3, -0.25) is 4.79 Å². The van der Waals surface area contributed by atoms with Crippen molar-refractivity contribution in [3.05, 3.63) is 58.1 Å². The molecule has 3 rings (SSSR count). The molecule has 0 spiro atoms. The third-order valence-electron chi connectivity index (χ3n) is 4.70. The summed E-state index contributed by atoms with van der Waals surface area (Å²) < 4.78 is 25.0. The lowest BCUT2D eigenvalue weighted by Gasteiger charge is -2.24. The second-order valence-corrected chi connectivity index (χ2v) is 10.2. The van der Waals surface area contributed by atoms with Crippen LogP contribution in [-0.2, 0) is 27.5 Å². The van der Waals surface area contributed by atoms with Crippen LogP contribution in [0.2, 0.25) is 0 Å².